The van der Waals surface area contributed by atoms with Gasteiger partial charge in [0.05, 0.1) is 17.1 Å². The van der Waals surface area contributed by atoms with Crippen LogP contribution >= 0.6 is 0 Å². The molecule has 2 aromatic carbocycles. The molecule has 3 heterocycles. The first kappa shape index (κ1) is 22.2. The number of aliphatic hydroxyl groups is 1. The van der Waals surface area contributed by atoms with Crippen molar-refractivity contribution in [2.45, 2.75) is 74.1 Å². The monoisotopic (exact) mass is 498 g/mol. The quantitative estimate of drug-likeness (QED) is 0.630. The zero-order valence-electron chi connectivity index (χ0n) is 21.1. The molecule has 192 valence electrons. The molecular formula is C31H34N2O4. The lowest BCUT2D eigenvalue weighted by Crippen LogP contribution is -2.78. The van der Waals surface area contributed by atoms with Crippen LogP contribution in [0.25, 0.3) is 6.08 Å². The summed E-state index contributed by atoms with van der Waals surface area (Å²) >= 11 is 0. The first-order valence-corrected chi connectivity index (χ1v) is 14.0. The number of hydrogen-bond acceptors (Lipinski definition) is 5. The van der Waals surface area contributed by atoms with Gasteiger partial charge in [-0.25, -0.2) is 0 Å². The molecule has 4 fully saturated rings. The lowest BCUT2D eigenvalue weighted by Gasteiger charge is -2.64. The third-order valence-corrected chi connectivity index (χ3v) is 10.4. The molecule has 0 unspecified atom stereocenters. The molecule has 2 saturated heterocycles. The topological polar surface area (TPSA) is 73.2 Å². The number of benzene rings is 2. The van der Waals surface area contributed by atoms with Gasteiger partial charge in [-0.15, -0.1) is 0 Å². The van der Waals surface area contributed by atoms with Gasteiger partial charge < -0.3 is 19.8 Å². The highest BCUT2D eigenvalue weighted by atomic mass is 16.5. The van der Waals surface area contributed by atoms with Crippen LogP contribution in [0.1, 0.15) is 55.2 Å². The fraction of sp³-hybridized carbons (Fsp3) is 0.516. The Balaban J connectivity index is 1.19. The maximum atomic E-state index is 13.7. The Kier molecular flexibility index (Phi) is 4.56. The van der Waals surface area contributed by atoms with Gasteiger partial charge in [0.15, 0.2) is 11.5 Å². The highest BCUT2D eigenvalue weighted by Crippen LogP contribution is 2.66. The smallest absolute Gasteiger partial charge is 0.250 e. The molecule has 2 N–H and O–H groups in total. The molecular weight excluding hydrogens is 464 g/mol. The lowest BCUT2D eigenvalue weighted by molar-refractivity contribution is -0.200. The summed E-state index contributed by atoms with van der Waals surface area (Å²) in [4.78, 5) is 18.3. The summed E-state index contributed by atoms with van der Waals surface area (Å²) in [5, 5.41) is 23.5. The molecule has 3 aliphatic heterocycles. The molecule has 8 rings (SSSR count). The summed E-state index contributed by atoms with van der Waals surface area (Å²) in [5.41, 5.74) is 2.60. The molecule has 3 aliphatic carbocycles. The predicted molar refractivity (Wildman–Crippen MR) is 139 cm³/mol. The molecule has 6 aliphatic rings. The molecule has 6 nitrogen and oxygen atoms in total. The molecule has 0 radical (unpaired) electrons. The van der Waals surface area contributed by atoms with E-state index >= 15 is 0 Å². The molecule has 2 aromatic rings. The van der Waals surface area contributed by atoms with Crippen LogP contribution in [0.15, 0.2) is 48.0 Å². The van der Waals surface area contributed by atoms with Crippen LogP contribution in [-0.4, -0.2) is 69.3 Å². The number of hydrogen-bond donors (Lipinski definition) is 2. The van der Waals surface area contributed by atoms with Crippen LogP contribution < -0.4 is 4.74 Å². The maximum absolute atomic E-state index is 13.7. The maximum Gasteiger partial charge on any atom is 0.250 e. The summed E-state index contributed by atoms with van der Waals surface area (Å²) in [5.74, 6) is 1.55. The zero-order chi connectivity index (χ0) is 24.9. The minimum atomic E-state index is -0.918. The number of likely N-dealkylation sites (tertiary alicyclic amines) is 2. The van der Waals surface area contributed by atoms with Crippen molar-refractivity contribution >= 4 is 12.0 Å². The van der Waals surface area contributed by atoms with E-state index < -0.39 is 11.0 Å². The van der Waals surface area contributed by atoms with Crippen molar-refractivity contribution in [2.24, 2.45) is 5.92 Å². The molecule has 0 aromatic heterocycles. The Morgan fingerprint density at radius 3 is 2.70 bits per heavy atom. The van der Waals surface area contributed by atoms with Gasteiger partial charge in [-0.05, 0) is 80.7 Å². The molecule has 5 atom stereocenters. The third kappa shape index (κ3) is 2.91. The van der Waals surface area contributed by atoms with Crippen LogP contribution in [0.4, 0.5) is 0 Å². The Hall–Kier alpha value is -2.83. The Labute approximate surface area is 217 Å². The van der Waals surface area contributed by atoms with Crippen LogP contribution in [0, 0.1) is 5.92 Å². The van der Waals surface area contributed by atoms with Gasteiger partial charge in [0.1, 0.15) is 6.10 Å². The normalized spacial score (nSPS) is 37.1. The highest BCUT2D eigenvalue weighted by Gasteiger charge is 2.73. The van der Waals surface area contributed by atoms with E-state index in [1.807, 2.05) is 47.4 Å². The average Bonchev–Trinajstić information content (AvgIpc) is 3.55. The predicted octanol–water partition coefficient (Wildman–Crippen LogP) is 3.64. The van der Waals surface area contributed by atoms with E-state index in [-0.39, 0.29) is 29.8 Å². The number of nitrogens with zero attached hydrogens (tertiary/aromatic N) is 2. The van der Waals surface area contributed by atoms with E-state index in [1.54, 1.807) is 6.07 Å². The van der Waals surface area contributed by atoms with Gasteiger partial charge in [0, 0.05) is 30.3 Å². The number of phenols is 1. The minimum Gasteiger partial charge on any atom is -0.504 e. The number of carbonyl (C=O) groups is 1. The van der Waals surface area contributed by atoms with Crippen molar-refractivity contribution in [3.8, 4) is 11.5 Å². The van der Waals surface area contributed by atoms with Gasteiger partial charge in [-0.2, -0.15) is 0 Å². The van der Waals surface area contributed by atoms with Crippen LogP contribution in [0.5, 0.6) is 11.5 Å². The van der Waals surface area contributed by atoms with Crippen molar-refractivity contribution in [3.63, 3.8) is 0 Å². The number of rotatable bonds is 4. The number of phenolic OH excluding ortho intramolecular Hbond substituents is 1. The number of ether oxygens (including phenoxy) is 1. The van der Waals surface area contributed by atoms with Crippen molar-refractivity contribution in [1.29, 1.82) is 0 Å². The van der Waals surface area contributed by atoms with Crippen molar-refractivity contribution in [2.75, 3.05) is 19.6 Å². The lowest BCUT2D eigenvalue weighted by atomic mass is 9.48. The van der Waals surface area contributed by atoms with E-state index in [0.717, 1.165) is 55.0 Å². The summed E-state index contributed by atoms with van der Waals surface area (Å²) in [6.07, 6.45) is 7.93. The Morgan fingerprint density at radius 2 is 1.89 bits per heavy atom. The van der Waals surface area contributed by atoms with Gasteiger partial charge in [-0.1, -0.05) is 36.4 Å². The van der Waals surface area contributed by atoms with Gasteiger partial charge in [0.2, 0.25) is 5.91 Å². The largest absolute Gasteiger partial charge is 0.504 e. The van der Waals surface area contributed by atoms with Gasteiger partial charge in [-0.3, -0.25) is 9.69 Å². The molecule has 2 bridgehead atoms. The van der Waals surface area contributed by atoms with Crippen molar-refractivity contribution in [3.05, 3.63) is 64.7 Å². The molecule has 2 saturated carbocycles. The van der Waals surface area contributed by atoms with Crippen LogP contribution in [-0.2, 0) is 16.6 Å². The minimum absolute atomic E-state index is 0.0553. The van der Waals surface area contributed by atoms with E-state index in [1.165, 1.54) is 18.4 Å². The SMILES string of the molecule is O=C1C(=Cc2ccccc2)CCN1[C@@H]1CC[C@@]2(O)[C@H]3Cc4ccc(O)c5c4[C@@]2(CCN3CC2CC2)[C@H]1O5. The Morgan fingerprint density at radius 1 is 1.05 bits per heavy atom. The van der Waals surface area contributed by atoms with E-state index in [0.29, 0.717) is 25.1 Å². The third-order valence-electron chi connectivity index (χ3n) is 10.4. The second-order valence-electron chi connectivity index (χ2n) is 12.2. The van der Waals surface area contributed by atoms with Crippen molar-refractivity contribution < 1.29 is 19.7 Å². The molecule has 1 spiro atoms. The van der Waals surface area contributed by atoms with E-state index in [9.17, 15) is 15.0 Å². The summed E-state index contributed by atoms with van der Waals surface area (Å²) in [7, 11) is 0. The molecule has 1 amide bonds. The van der Waals surface area contributed by atoms with Crippen LogP contribution in [0.3, 0.4) is 0 Å². The summed E-state index contributed by atoms with van der Waals surface area (Å²) in [6.45, 7) is 2.66. The van der Waals surface area contributed by atoms with E-state index in [4.69, 9.17) is 4.74 Å². The standard InChI is InChI=1S/C31H34N2O4/c34-24-9-8-21-17-25-31(36)12-10-23(33-14-11-22(29(33)35)16-19-4-2-1-3-5-19)28-30(31,26(21)27(24)37-28)13-15-32(25)18-20-6-7-20/h1-5,8-9,16,20,23,25,28,34,36H,6-7,10-15,17-18H2/t23-,25-,28+,30+,31-/m1/s1. The molecule has 37 heavy (non-hydrogen) atoms. The van der Waals surface area contributed by atoms with Crippen LogP contribution in [0.2, 0.25) is 0 Å². The number of piperidine rings is 1. The summed E-state index contributed by atoms with van der Waals surface area (Å²) < 4.78 is 6.69. The zero-order valence-corrected chi connectivity index (χ0v) is 21.1. The molecule has 6 heteroatoms. The first-order chi connectivity index (χ1) is 18.0. The van der Waals surface area contributed by atoms with E-state index in [2.05, 4.69) is 4.90 Å². The average molecular weight is 499 g/mol. The fourth-order valence-corrected chi connectivity index (χ4v) is 8.61. The fourth-order valence-electron chi connectivity index (χ4n) is 8.61. The number of aromatic hydroxyl groups is 1. The number of amides is 1. The summed E-state index contributed by atoms with van der Waals surface area (Å²) in [6, 6.07) is 13.8. The second-order valence-corrected chi connectivity index (χ2v) is 12.2. The van der Waals surface area contributed by atoms with Crippen molar-refractivity contribution in [1.82, 2.24) is 9.80 Å². The first-order valence-electron chi connectivity index (χ1n) is 14.0. The Bertz CT molecular complexity index is 1320. The highest BCUT2D eigenvalue weighted by molar-refractivity contribution is 6.00. The van der Waals surface area contributed by atoms with Gasteiger partial charge in [0.25, 0.3) is 0 Å². The van der Waals surface area contributed by atoms with Gasteiger partial charge >= 0.3 is 0 Å². The second kappa shape index (κ2) is 7.61. The number of carbonyl (C=O) groups excluding carboxylic acids is 1.